The monoisotopic (exact) mass is 428 g/mol. The molecule has 0 bridgehead atoms. The fourth-order valence-corrected chi connectivity index (χ4v) is 1.80. The van der Waals surface area contributed by atoms with Gasteiger partial charge in [0.05, 0.1) is 12.7 Å². The quantitative estimate of drug-likeness (QED) is 0.254. The zero-order valence-corrected chi connectivity index (χ0v) is 16.1. The van der Waals surface area contributed by atoms with Gasteiger partial charge in [-0.2, -0.15) is 0 Å². The first-order valence-corrected chi connectivity index (χ1v) is 7.55. The van der Waals surface area contributed by atoms with Gasteiger partial charge >= 0.3 is 0 Å². The Morgan fingerprint density at radius 2 is 2.18 bits per heavy atom. The SMILES string of the molecule is CCNC(=NCC(=O)N(C)C)NCCCOC1CCOC1.I. The van der Waals surface area contributed by atoms with Crippen LogP contribution < -0.4 is 10.6 Å². The molecule has 1 fully saturated rings. The Kier molecular flexibility index (Phi) is 12.5. The molecule has 0 spiro atoms. The average molecular weight is 428 g/mol. The lowest BCUT2D eigenvalue weighted by Gasteiger charge is -2.13. The van der Waals surface area contributed by atoms with Crippen LogP contribution in [0.4, 0.5) is 0 Å². The highest BCUT2D eigenvalue weighted by Crippen LogP contribution is 2.07. The van der Waals surface area contributed by atoms with Crippen molar-refractivity contribution < 1.29 is 14.3 Å². The van der Waals surface area contributed by atoms with E-state index in [-0.39, 0.29) is 42.5 Å². The van der Waals surface area contributed by atoms with E-state index in [2.05, 4.69) is 15.6 Å². The predicted molar refractivity (Wildman–Crippen MR) is 97.9 cm³/mol. The number of hydrogen-bond donors (Lipinski definition) is 2. The van der Waals surface area contributed by atoms with Crippen LogP contribution in [-0.4, -0.2) is 76.4 Å². The maximum absolute atomic E-state index is 11.5. The summed E-state index contributed by atoms with van der Waals surface area (Å²) in [4.78, 5) is 17.3. The highest BCUT2D eigenvalue weighted by Gasteiger charge is 2.15. The molecule has 1 aliphatic rings. The van der Waals surface area contributed by atoms with Crippen LogP contribution >= 0.6 is 24.0 Å². The molecule has 1 amide bonds. The number of nitrogens with one attached hydrogen (secondary N) is 2. The first kappa shape index (κ1) is 21.4. The Bertz CT molecular complexity index is 334. The molecule has 2 N–H and O–H groups in total. The van der Waals surface area contributed by atoms with Crippen LogP contribution in [0.1, 0.15) is 19.8 Å². The van der Waals surface area contributed by atoms with Crippen molar-refractivity contribution in [3.05, 3.63) is 0 Å². The van der Waals surface area contributed by atoms with Crippen molar-refractivity contribution in [3.8, 4) is 0 Å². The lowest BCUT2D eigenvalue weighted by atomic mass is 10.3. The van der Waals surface area contributed by atoms with Crippen LogP contribution in [0.3, 0.4) is 0 Å². The molecule has 1 rings (SSSR count). The van der Waals surface area contributed by atoms with Crippen LogP contribution in [0.15, 0.2) is 4.99 Å². The fourth-order valence-electron chi connectivity index (χ4n) is 1.80. The third kappa shape index (κ3) is 9.42. The standard InChI is InChI=1S/C14H28N4O3.HI/c1-4-15-14(17-10-13(19)18(2)3)16-7-5-8-21-12-6-9-20-11-12;/h12H,4-11H2,1-3H3,(H2,15,16,17);1H. The molecule has 1 aliphatic heterocycles. The van der Waals surface area contributed by atoms with Gasteiger partial charge in [-0.3, -0.25) is 4.79 Å². The number of carbonyl (C=O) groups is 1. The third-order valence-electron chi connectivity index (χ3n) is 3.07. The summed E-state index contributed by atoms with van der Waals surface area (Å²) < 4.78 is 10.9. The molecule has 0 aliphatic carbocycles. The number of guanidine groups is 1. The molecule has 1 saturated heterocycles. The van der Waals surface area contributed by atoms with Gasteiger partial charge < -0.3 is 25.0 Å². The van der Waals surface area contributed by atoms with Crippen LogP contribution in [0, 0.1) is 0 Å². The van der Waals surface area contributed by atoms with Crippen LogP contribution in [-0.2, 0) is 14.3 Å². The van der Waals surface area contributed by atoms with Gasteiger partial charge in [0.15, 0.2) is 5.96 Å². The maximum atomic E-state index is 11.5. The zero-order chi connectivity index (χ0) is 15.5. The minimum atomic E-state index is -0.0169. The molecule has 0 radical (unpaired) electrons. The van der Waals surface area contributed by atoms with Gasteiger partial charge in [0.1, 0.15) is 6.54 Å². The summed E-state index contributed by atoms with van der Waals surface area (Å²) in [5.74, 6) is 0.647. The summed E-state index contributed by atoms with van der Waals surface area (Å²) in [5, 5.41) is 6.31. The lowest BCUT2D eigenvalue weighted by Crippen LogP contribution is -2.39. The molecule has 22 heavy (non-hydrogen) atoms. The van der Waals surface area contributed by atoms with Crippen molar-refractivity contribution in [2.24, 2.45) is 4.99 Å². The molecule has 0 aromatic heterocycles. The van der Waals surface area contributed by atoms with Crippen molar-refractivity contribution in [2.45, 2.75) is 25.9 Å². The summed E-state index contributed by atoms with van der Waals surface area (Å²) in [7, 11) is 3.45. The Morgan fingerprint density at radius 3 is 2.77 bits per heavy atom. The largest absolute Gasteiger partial charge is 0.379 e. The van der Waals surface area contributed by atoms with E-state index >= 15 is 0 Å². The molecule has 130 valence electrons. The molecule has 1 heterocycles. The van der Waals surface area contributed by atoms with Crippen molar-refractivity contribution in [1.82, 2.24) is 15.5 Å². The van der Waals surface area contributed by atoms with Crippen LogP contribution in [0.5, 0.6) is 0 Å². The molecular formula is C14H29IN4O3. The van der Waals surface area contributed by atoms with Crippen LogP contribution in [0.2, 0.25) is 0 Å². The second-order valence-corrected chi connectivity index (χ2v) is 5.12. The smallest absolute Gasteiger partial charge is 0.243 e. The molecule has 0 aromatic carbocycles. The van der Waals surface area contributed by atoms with E-state index in [1.165, 1.54) is 4.90 Å². The Labute approximate surface area is 150 Å². The number of rotatable bonds is 8. The first-order chi connectivity index (χ1) is 10.1. The topological polar surface area (TPSA) is 75.2 Å². The van der Waals surface area contributed by atoms with E-state index in [1.54, 1.807) is 14.1 Å². The third-order valence-corrected chi connectivity index (χ3v) is 3.07. The summed E-state index contributed by atoms with van der Waals surface area (Å²) in [6.07, 6.45) is 2.14. The zero-order valence-electron chi connectivity index (χ0n) is 13.8. The molecule has 0 aromatic rings. The molecule has 1 atom stereocenters. The lowest BCUT2D eigenvalue weighted by molar-refractivity contribution is -0.127. The summed E-state index contributed by atoms with van der Waals surface area (Å²) in [5.41, 5.74) is 0. The van der Waals surface area contributed by atoms with Gasteiger partial charge in [-0.05, 0) is 19.8 Å². The fraction of sp³-hybridized carbons (Fsp3) is 0.857. The van der Waals surface area contributed by atoms with E-state index in [0.717, 1.165) is 32.5 Å². The number of halogens is 1. The summed E-state index contributed by atoms with van der Waals surface area (Å²) in [6, 6.07) is 0. The molecule has 0 saturated carbocycles. The maximum Gasteiger partial charge on any atom is 0.243 e. The number of likely N-dealkylation sites (N-methyl/N-ethyl adjacent to an activating group) is 1. The van der Waals surface area contributed by atoms with Gasteiger partial charge in [0.25, 0.3) is 0 Å². The second kappa shape index (κ2) is 12.9. The van der Waals surface area contributed by atoms with E-state index < -0.39 is 0 Å². The van der Waals surface area contributed by atoms with Crippen molar-refractivity contribution in [3.63, 3.8) is 0 Å². The first-order valence-electron chi connectivity index (χ1n) is 7.55. The predicted octanol–water partition coefficient (Wildman–Crippen LogP) is 0.443. The number of carbonyl (C=O) groups excluding carboxylic acids is 1. The molecular weight excluding hydrogens is 399 g/mol. The number of aliphatic imine (C=N–C) groups is 1. The van der Waals surface area contributed by atoms with Gasteiger partial charge in [-0.1, -0.05) is 0 Å². The van der Waals surface area contributed by atoms with Gasteiger partial charge in [-0.15, -0.1) is 24.0 Å². The number of amides is 1. The Morgan fingerprint density at radius 1 is 1.41 bits per heavy atom. The summed E-state index contributed by atoms with van der Waals surface area (Å²) in [6.45, 7) is 5.89. The van der Waals surface area contributed by atoms with E-state index in [0.29, 0.717) is 19.2 Å². The minimum absolute atomic E-state index is 0. The second-order valence-electron chi connectivity index (χ2n) is 5.12. The van der Waals surface area contributed by atoms with E-state index in [9.17, 15) is 4.79 Å². The number of nitrogens with zero attached hydrogens (tertiary/aromatic N) is 2. The van der Waals surface area contributed by atoms with Crippen molar-refractivity contribution in [1.29, 1.82) is 0 Å². The Hall–Kier alpha value is -0.610. The highest BCUT2D eigenvalue weighted by molar-refractivity contribution is 14.0. The minimum Gasteiger partial charge on any atom is -0.379 e. The van der Waals surface area contributed by atoms with E-state index in [4.69, 9.17) is 9.47 Å². The number of ether oxygens (including phenoxy) is 2. The number of hydrogen-bond acceptors (Lipinski definition) is 4. The van der Waals surface area contributed by atoms with Crippen molar-refractivity contribution in [2.75, 3.05) is 53.6 Å². The van der Waals surface area contributed by atoms with E-state index in [1.807, 2.05) is 6.92 Å². The van der Waals surface area contributed by atoms with Gasteiger partial charge in [0, 0.05) is 40.4 Å². The van der Waals surface area contributed by atoms with Crippen LogP contribution in [0.25, 0.3) is 0 Å². The average Bonchev–Trinajstić information content (AvgIpc) is 2.96. The van der Waals surface area contributed by atoms with Gasteiger partial charge in [-0.25, -0.2) is 4.99 Å². The van der Waals surface area contributed by atoms with Gasteiger partial charge in [0.2, 0.25) is 5.91 Å². The highest BCUT2D eigenvalue weighted by atomic mass is 127. The summed E-state index contributed by atoms with van der Waals surface area (Å²) >= 11 is 0. The molecule has 7 nitrogen and oxygen atoms in total. The molecule has 8 heteroatoms. The molecule has 1 unspecified atom stereocenters. The Balaban J connectivity index is 0.00000441. The normalized spacial score (nSPS) is 17.8. The van der Waals surface area contributed by atoms with Crippen molar-refractivity contribution >= 4 is 35.8 Å².